The number of likely N-dealkylation sites (N-methyl/N-ethyl adjacent to an activating group) is 1. The predicted octanol–water partition coefficient (Wildman–Crippen LogP) is 2.27. The van der Waals surface area contributed by atoms with Crippen LogP contribution in [0.15, 0.2) is 48.5 Å². The van der Waals surface area contributed by atoms with Gasteiger partial charge in [0.1, 0.15) is 12.4 Å². The number of ether oxygens (including phenoxy) is 1. The largest absolute Gasteiger partial charge is 0.491 e. The lowest BCUT2D eigenvalue weighted by molar-refractivity contribution is 0.0926. The maximum Gasteiger partial charge on any atom is 0.251 e. The fourth-order valence-corrected chi connectivity index (χ4v) is 4.92. The molecule has 1 aliphatic heterocycles. The number of rotatable bonds is 8. The first-order valence-corrected chi connectivity index (χ1v) is 12.1. The molecule has 0 aromatic heterocycles. The standard InChI is InChI=1S/C23H31N3O4S/c1-18-6-4-5-7-22(18)30-16-19(2)24-23(27)21-10-8-20(9-11-21)17-31(28,29)26-14-12-25(3)13-15-26/h4-11,19H,12-17H2,1-3H3,(H,24,27). The highest BCUT2D eigenvalue weighted by Gasteiger charge is 2.25. The number of benzene rings is 2. The van der Waals surface area contributed by atoms with Crippen molar-refractivity contribution in [2.45, 2.75) is 25.6 Å². The van der Waals surface area contributed by atoms with Crippen LogP contribution in [0.1, 0.15) is 28.4 Å². The third-order valence-corrected chi connectivity index (χ3v) is 7.23. The van der Waals surface area contributed by atoms with Crippen LogP contribution in [-0.2, 0) is 15.8 Å². The van der Waals surface area contributed by atoms with E-state index < -0.39 is 10.0 Å². The van der Waals surface area contributed by atoms with Crippen LogP contribution in [0.5, 0.6) is 5.75 Å². The van der Waals surface area contributed by atoms with Gasteiger partial charge in [0.05, 0.1) is 11.8 Å². The van der Waals surface area contributed by atoms with E-state index in [1.807, 2.05) is 45.2 Å². The van der Waals surface area contributed by atoms with Crippen molar-refractivity contribution in [1.82, 2.24) is 14.5 Å². The fourth-order valence-electron chi connectivity index (χ4n) is 3.40. The van der Waals surface area contributed by atoms with E-state index in [9.17, 15) is 13.2 Å². The summed E-state index contributed by atoms with van der Waals surface area (Å²) in [5, 5.41) is 2.91. The van der Waals surface area contributed by atoms with Gasteiger partial charge in [0.25, 0.3) is 5.91 Å². The van der Waals surface area contributed by atoms with Gasteiger partial charge in [0.2, 0.25) is 10.0 Å². The average Bonchev–Trinajstić information content (AvgIpc) is 2.73. The minimum absolute atomic E-state index is 0.0563. The van der Waals surface area contributed by atoms with Crippen LogP contribution < -0.4 is 10.1 Å². The molecule has 1 N–H and O–H groups in total. The van der Waals surface area contributed by atoms with Gasteiger partial charge < -0.3 is 15.0 Å². The van der Waals surface area contributed by atoms with Crippen molar-refractivity contribution in [3.05, 3.63) is 65.2 Å². The summed E-state index contributed by atoms with van der Waals surface area (Å²) in [7, 11) is -1.37. The Hall–Kier alpha value is -2.42. The van der Waals surface area contributed by atoms with Crippen LogP contribution >= 0.6 is 0 Å². The highest BCUT2D eigenvalue weighted by Crippen LogP contribution is 2.17. The second-order valence-corrected chi connectivity index (χ2v) is 10.1. The monoisotopic (exact) mass is 445 g/mol. The van der Waals surface area contributed by atoms with E-state index in [4.69, 9.17) is 4.74 Å². The summed E-state index contributed by atoms with van der Waals surface area (Å²) >= 11 is 0. The Bertz CT molecular complexity index is 984. The van der Waals surface area contributed by atoms with E-state index >= 15 is 0 Å². The van der Waals surface area contributed by atoms with Crippen LogP contribution in [0.25, 0.3) is 0 Å². The highest BCUT2D eigenvalue weighted by atomic mass is 32.2. The topological polar surface area (TPSA) is 78.9 Å². The maximum absolute atomic E-state index is 12.7. The lowest BCUT2D eigenvalue weighted by Gasteiger charge is -2.31. The molecule has 0 bridgehead atoms. The molecule has 1 atom stereocenters. The minimum Gasteiger partial charge on any atom is -0.491 e. The molecule has 1 unspecified atom stereocenters. The SMILES string of the molecule is Cc1ccccc1OCC(C)NC(=O)c1ccc(CS(=O)(=O)N2CCN(C)CC2)cc1. The maximum atomic E-state index is 12.7. The number of piperazine rings is 1. The molecule has 2 aromatic carbocycles. The predicted molar refractivity (Wildman–Crippen MR) is 122 cm³/mol. The van der Waals surface area contributed by atoms with Crippen LogP contribution in [0.3, 0.4) is 0 Å². The van der Waals surface area contributed by atoms with Crippen molar-refractivity contribution < 1.29 is 17.9 Å². The van der Waals surface area contributed by atoms with Gasteiger partial charge in [-0.2, -0.15) is 4.31 Å². The first-order valence-electron chi connectivity index (χ1n) is 10.5. The third kappa shape index (κ3) is 6.53. The van der Waals surface area contributed by atoms with Crippen molar-refractivity contribution in [2.24, 2.45) is 0 Å². The van der Waals surface area contributed by atoms with E-state index in [1.54, 1.807) is 28.6 Å². The third-order valence-electron chi connectivity index (χ3n) is 5.38. The molecule has 0 saturated carbocycles. The number of nitrogens with one attached hydrogen (secondary N) is 1. The Morgan fingerprint density at radius 3 is 2.35 bits per heavy atom. The fraction of sp³-hybridized carbons (Fsp3) is 0.435. The van der Waals surface area contributed by atoms with E-state index in [0.29, 0.717) is 30.8 Å². The molecule has 1 aliphatic rings. The van der Waals surface area contributed by atoms with Crippen LogP contribution in [0.2, 0.25) is 0 Å². The number of carbonyl (C=O) groups is 1. The smallest absolute Gasteiger partial charge is 0.251 e. The van der Waals surface area contributed by atoms with Gasteiger partial charge in [-0.05, 0) is 50.2 Å². The van der Waals surface area contributed by atoms with Gasteiger partial charge in [-0.3, -0.25) is 4.79 Å². The summed E-state index contributed by atoms with van der Waals surface area (Å²) in [6, 6.07) is 14.3. The molecular weight excluding hydrogens is 414 g/mol. The molecule has 2 aromatic rings. The summed E-state index contributed by atoms with van der Waals surface area (Å²) < 4.78 is 32.6. The van der Waals surface area contributed by atoms with E-state index in [0.717, 1.165) is 24.4 Å². The van der Waals surface area contributed by atoms with Crippen LogP contribution in [0, 0.1) is 6.92 Å². The Morgan fingerprint density at radius 2 is 1.71 bits per heavy atom. The zero-order chi connectivity index (χ0) is 22.4. The van der Waals surface area contributed by atoms with Gasteiger partial charge >= 0.3 is 0 Å². The summed E-state index contributed by atoms with van der Waals surface area (Å²) in [5.41, 5.74) is 2.21. The normalized spacial score (nSPS) is 16.6. The Labute approximate surface area is 185 Å². The highest BCUT2D eigenvalue weighted by molar-refractivity contribution is 7.88. The molecular formula is C23H31N3O4S. The molecule has 0 aliphatic carbocycles. The number of sulfonamides is 1. The van der Waals surface area contributed by atoms with E-state index in [1.165, 1.54) is 0 Å². The summed E-state index contributed by atoms with van der Waals surface area (Å²) in [6.45, 7) is 6.73. The molecule has 1 saturated heterocycles. The van der Waals surface area contributed by atoms with Crippen molar-refractivity contribution in [2.75, 3.05) is 39.8 Å². The first kappa shape index (κ1) is 23.2. The average molecular weight is 446 g/mol. The Kier molecular flexibility index (Phi) is 7.69. The van der Waals surface area contributed by atoms with Crippen molar-refractivity contribution >= 4 is 15.9 Å². The van der Waals surface area contributed by atoms with Gasteiger partial charge in [-0.15, -0.1) is 0 Å². The van der Waals surface area contributed by atoms with Gasteiger partial charge in [0, 0.05) is 31.7 Å². The minimum atomic E-state index is -3.36. The molecule has 0 spiro atoms. The van der Waals surface area contributed by atoms with Gasteiger partial charge in [-0.25, -0.2) is 8.42 Å². The molecule has 8 heteroatoms. The Balaban J connectivity index is 1.52. The zero-order valence-corrected chi connectivity index (χ0v) is 19.2. The van der Waals surface area contributed by atoms with E-state index in [2.05, 4.69) is 10.2 Å². The Morgan fingerprint density at radius 1 is 1.06 bits per heavy atom. The quantitative estimate of drug-likeness (QED) is 0.674. The van der Waals surface area contributed by atoms with Crippen molar-refractivity contribution in [3.63, 3.8) is 0 Å². The lowest BCUT2D eigenvalue weighted by Crippen LogP contribution is -2.47. The molecule has 1 amide bonds. The summed E-state index contributed by atoms with van der Waals surface area (Å²) in [6.07, 6.45) is 0. The van der Waals surface area contributed by atoms with Gasteiger partial charge in [-0.1, -0.05) is 30.3 Å². The second-order valence-electron chi connectivity index (χ2n) is 8.11. The summed E-state index contributed by atoms with van der Waals surface area (Å²) in [4.78, 5) is 14.6. The number of hydrogen-bond donors (Lipinski definition) is 1. The van der Waals surface area contributed by atoms with E-state index in [-0.39, 0.29) is 17.7 Å². The molecule has 1 heterocycles. The van der Waals surface area contributed by atoms with Crippen LogP contribution in [-0.4, -0.2) is 69.4 Å². The van der Waals surface area contributed by atoms with Crippen molar-refractivity contribution in [1.29, 1.82) is 0 Å². The number of amides is 1. The second kappa shape index (κ2) is 10.3. The molecule has 0 radical (unpaired) electrons. The van der Waals surface area contributed by atoms with Crippen LogP contribution in [0.4, 0.5) is 0 Å². The lowest BCUT2D eigenvalue weighted by atomic mass is 10.1. The number of nitrogens with zero attached hydrogens (tertiary/aromatic N) is 2. The number of hydrogen-bond acceptors (Lipinski definition) is 5. The molecule has 31 heavy (non-hydrogen) atoms. The molecule has 3 rings (SSSR count). The number of carbonyl (C=O) groups excluding carboxylic acids is 1. The zero-order valence-electron chi connectivity index (χ0n) is 18.4. The van der Waals surface area contributed by atoms with Gasteiger partial charge in [0.15, 0.2) is 0 Å². The number of para-hydroxylation sites is 1. The summed E-state index contributed by atoms with van der Waals surface area (Å²) in [5.74, 6) is 0.531. The molecule has 168 valence electrons. The molecule has 7 nitrogen and oxygen atoms in total. The number of aryl methyl sites for hydroxylation is 1. The van der Waals surface area contributed by atoms with Crippen molar-refractivity contribution in [3.8, 4) is 5.75 Å². The first-order chi connectivity index (χ1) is 14.7. The molecule has 1 fully saturated rings.